The van der Waals surface area contributed by atoms with Crippen molar-refractivity contribution in [3.8, 4) is 0 Å². The fourth-order valence-corrected chi connectivity index (χ4v) is 1.85. The molecule has 1 atom stereocenters. The fraction of sp³-hybridized carbons (Fsp3) is 0.600. The number of likely N-dealkylation sites (tertiary alicyclic amines) is 1. The third-order valence-electron chi connectivity index (χ3n) is 2.73. The molecule has 1 aliphatic rings. The Hall–Kier alpha value is -1.70. The van der Waals surface area contributed by atoms with Gasteiger partial charge in [0.1, 0.15) is 0 Å². The van der Waals surface area contributed by atoms with Gasteiger partial charge in [0.15, 0.2) is 0 Å². The van der Waals surface area contributed by atoms with Gasteiger partial charge in [0.2, 0.25) is 5.91 Å². The molecule has 18 heavy (non-hydrogen) atoms. The number of nitrogens with one attached hydrogen (secondary N) is 1. The molecule has 0 aromatic heterocycles. The van der Waals surface area contributed by atoms with E-state index in [0.29, 0.717) is 19.4 Å². The Kier molecular flexibility index (Phi) is 5.02. The SMILES string of the molecule is NC(=O)C1CCCN(C(=O)C(=O)NCC(N)=S)C1. The molecular weight excluding hydrogens is 256 g/mol. The van der Waals surface area contributed by atoms with Gasteiger partial charge in [0, 0.05) is 13.1 Å². The Morgan fingerprint density at radius 3 is 2.56 bits per heavy atom. The molecule has 3 amide bonds. The number of primary amides is 1. The summed E-state index contributed by atoms with van der Waals surface area (Å²) in [6.07, 6.45) is 1.30. The first kappa shape index (κ1) is 14.4. The van der Waals surface area contributed by atoms with E-state index in [-0.39, 0.29) is 24.0 Å². The van der Waals surface area contributed by atoms with Gasteiger partial charge in [-0.25, -0.2) is 0 Å². The van der Waals surface area contributed by atoms with E-state index in [9.17, 15) is 14.4 Å². The van der Waals surface area contributed by atoms with Gasteiger partial charge >= 0.3 is 11.8 Å². The normalized spacial score (nSPS) is 19.1. The predicted molar refractivity (Wildman–Crippen MR) is 68.3 cm³/mol. The number of hydrogen-bond donors (Lipinski definition) is 3. The first-order valence-corrected chi connectivity index (χ1v) is 5.97. The summed E-state index contributed by atoms with van der Waals surface area (Å²) in [4.78, 5) is 35.7. The van der Waals surface area contributed by atoms with Crippen molar-refractivity contribution in [2.45, 2.75) is 12.8 Å². The van der Waals surface area contributed by atoms with Crippen LogP contribution in [0.5, 0.6) is 0 Å². The summed E-state index contributed by atoms with van der Waals surface area (Å²) in [6, 6.07) is 0. The maximum Gasteiger partial charge on any atom is 0.311 e. The highest BCUT2D eigenvalue weighted by molar-refractivity contribution is 7.80. The van der Waals surface area contributed by atoms with Crippen LogP contribution in [0.15, 0.2) is 0 Å². The summed E-state index contributed by atoms with van der Waals surface area (Å²) in [7, 11) is 0. The minimum atomic E-state index is -0.770. The van der Waals surface area contributed by atoms with Crippen molar-refractivity contribution in [2.24, 2.45) is 17.4 Å². The number of nitrogens with zero attached hydrogens (tertiary/aromatic N) is 1. The number of thiocarbonyl (C=S) groups is 1. The van der Waals surface area contributed by atoms with Gasteiger partial charge in [-0.1, -0.05) is 12.2 Å². The second-order valence-electron chi connectivity index (χ2n) is 4.14. The summed E-state index contributed by atoms with van der Waals surface area (Å²) in [5.74, 6) is -2.28. The third kappa shape index (κ3) is 3.95. The Morgan fingerprint density at radius 1 is 1.33 bits per heavy atom. The maximum absolute atomic E-state index is 11.8. The van der Waals surface area contributed by atoms with E-state index in [1.165, 1.54) is 4.90 Å². The van der Waals surface area contributed by atoms with Gasteiger partial charge in [0.25, 0.3) is 0 Å². The summed E-state index contributed by atoms with van der Waals surface area (Å²) < 4.78 is 0. The molecule has 0 saturated carbocycles. The van der Waals surface area contributed by atoms with E-state index in [1.807, 2.05) is 0 Å². The van der Waals surface area contributed by atoms with Gasteiger partial charge < -0.3 is 21.7 Å². The van der Waals surface area contributed by atoms with E-state index < -0.39 is 17.7 Å². The van der Waals surface area contributed by atoms with E-state index in [1.54, 1.807) is 0 Å². The summed E-state index contributed by atoms with van der Waals surface area (Å²) in [6.45, 7) is 0.616. The minimum Gasteiger partial charge on any atom is -0.392 e. The molecule has 7 nitrogen and oxygen atoms in total. The van der Waals surface area contributed by atoms with E-state index in [4.69, 9.17) is 11.5 Å². The largest absolute Gasteiger partial charge is 0.392 e. The van der Waals surface area contributed by atoms with Gasteiger partial charge in [0.05, 0.1) is 17.5 Å². The number of hydrogen-bond acceptors (Lipinski definition) is 4. The Labute approximate surface area is 110 Å². The van der Waals surface area contributed by atoms with Crippen LogP contribution in [-0.2, 0) is 14.4 Å². The molecule has 0 bridgehead atoms. The molecule has 0 aliphatic carbocycles. The average molecular weight is 272 g/mol. The molecule has 1 unspecified atom stereocenters. The molecule has 0 spiro atoms. The van der Waals surface area contributed by atoms with Crippen LogP contribution in [0.25, 0.3) is 0 Å². The highest BCUT2D eigenvalue weighted by Gasteiger charge is 2.29. The van der Waals surface area contributed by atoms with Gasteiger partial charge in [-0.15, -0.1) is 0 Å². The monoisotopic (exact) mass is 272 g/mol. The van der Waals surface area contributed by atoms with Gasteiger partial charge in [-0.05, 0) is 12.8 Å². The molecule has 5 N–H and O–H groups in total. The molecule has 1 heterocycles. The fourth-order valence-electron chi connectivity index (χ4n) is 1.78. The standard InChI is InChI=1S/C10H16N4O3S/c11-7(18)4-13-9(16)10(17)14-3-1-2-6(5-14)8(12)15/h6H,1-5H2,(H2,11,18)(H2,12,15)(H,13,16). The van der Waals surface area contributed by atoms with Crippen molar-refractivity contribution in [3.63, 3.8) is 0 Å². The molecule has 1 saturated heterocycles. The highest BCUT2D eigenvalue weighted by atomic mass is 32.1. The molecule has 0 aromatic carbocycles. The van der Waals surface area contributed by atoms with Crippen LogP contribution in [-0.4, -0.2) is 47.2 Å². The molecule has 1 aliphatic heterocycles. The zero-order valence-electron chi connectivity index (χ0n) is 9.85. The molecule has 100 valence electrons. The van der Waals surface area contributed by atoms with Crippen LogP contribution < -0.4 is 16.8 Å². The van der Waals surface area contributed by atoms with Crippen molar-refractivity contribution in [1.29, 1.82) is 0 Å². The molecule has 1 fully saturated rings. The van der Waals surface area contributed by atoms with Crippen molar-refractivity contribution in [3.05, 3.63) is 0 Å². The first-order valence-electron chi connectivity index (χ1n) is 5.56. The molecule has 1 rings (SSSR count). The zero-order valence-corrected chi connectivity index (χ0v) is 10.7. The summed E-state index contributed by atoms with van der Waals surface area (Å²) in [5, 5.41) is 2.31. The molecular formula is C10H16N4O3S. The van der Waals surface area contributed by atoms with Crippen LogP contribution in [0.4, 0.5) is 0 Å². The summed E-state index contributed by atoms with van der Waals surface area (Å²) in [5.41, 5.74) is 10.4. The molecule has 8 heteroatoms. The van der Waals surface area contributed by atoms with Crippen LogP contribution >= 0.6 is 12.2 Å². The average Bonchev–Trinajstić information content (AvgIpc) is 2.35. The lowest BCUT2D eigenvalue weighted by atomic mass is 9.97. The van der Waals surface area contributed by atoms with Crippen molar-refractivity contribution >= 4 is 34.9 Å². The van der Waals surface area contributed by atoms with Crippen LogP contribution in [0.3, 0.4) is 0 Å². The number of rotatable bonds is 3. The predicted octanol–water partition coefficient (Wildman–Crippen LogP) is -1.89. The van der Waals surface area contributed by atoms with E-state index >= 15 is 0 Å². The second kappa shape index (κ2) is 6.29. The van der Waals surface area contributed by atoms with Crippen molar-refractivity contribution in [1.82, 2.24) is 10.2 Å². The number of piperidine rings is 1. The zero-order chi connectivity index (χ0) is 13.7. The quantitative estimate of drug-likeness (QED) is 0.410. The van der Waals surface area contributed by atoms with Crippen LogP contribution in [0, 0.1) is 5.92 Å². The van der Waals surface area contributed by atoms with Crippen molar-refractivity contribution < 1.29 is 14.4 Å². The second-order valence-corrected chi connectivity index (χ2v) is 4.67. The highest BCUT2D eigenvalue weighted by Crippen LogP contribution is 2.15. The lowest BCUT2D eigenvalue weighted by molar-refractivity contribution is -0.147. The molecule has 0 aromatic rings. The maximum atomic E-state index is 11.8. The van der Waals surface area contributed by atoms with E-state index in [0.717, 1.165) is 0 Å². The smallest absolute Gasteiger partial charge is 0.311 e. The third-order valence-corrected chi connectivity index (χ3v) is 2.87. The molecule has 0 radical (unpaired) electrons. The topological polar surface area (TPSA) is 119 Å². The van der Waals surface area contributed by atoms with E-state index in [2.05, 4.69) is 17.5 Å². The number of nitrogens with two attached hydrogens (primary N) is 2. The lowest BCUT2D eigenvalue weighted by Crippen LogP contribution is -2.50. The van der Waals surface area contributed by atoms with Crippen LogP contribution in [0.2, 0.25) is 0 Å². The Morgan fingerprint density at radius 2 is 2.00 bits per heavy atom. The minimum absolute atomic E-state index is 0.0208. The Bertz CT molecular complexity index is 385. The first-order chi connectivity index (χ1) is 8.41. The van der Waals surface area contributed by atoms with Crippen LogP contribution in [0.1, 0.15) is 12.8 Å². The number of carbonyl (C=O) groups excluding carboxylic acids is 3. The lowest BCUT2D eigenvalue weighted by Gasteiger charge is -2.30. The van der Waals surface area contributed by atoms with Gasteiger partial charge in [-0.2, -0.15) is 0 Å². The number of amides is 3. The Balaban J connectivity index is 2.52. The van der Waals surface area contributed by atoms with Crippen molar-refractivity contribution in [2.75, 3.05) is 19.6 Å². The van der Waals surface area contributed by atoms with Gasteiger partial charge in [-0.3, -0.25) is 14.4 Å². The number of carbonyl (C=O) groups is 3. The summed E-state index contributed by atoms with van der Waals surface area (Å²) >= 11 is 4.59.